The van der Waals surface area contributed by atoms with Crippen LogP contribution in [0.2, 0.25) is 5.15 Å². The predicted molar refractivity (Wildman–Crippen MR) is 398 cm³/mol. The Hall–Kier alpha value is -4.09. The molecule has 7 aromatic rings. The summed E-state index contributed by atoms with van der Waals surface area (Å²) in [5.41, 5.74) is 16.1. The predicted octanol–water partition coefficient (Wildman–Crippen LogP) is 14.7. The Bertz CT molecular complexity index is 3790. The van der Waals surface area contributed by atoms with Gasteiger partial charge in [-0.1, -0.05) is 19.0 Å². The number of carbonyl (C=O) groups excluding carboxylic acids is 2. The lowest BCUT2D eigenvalue weighted by molar-refractivity contribution is -0.135. The molecule has 7 aromatic heterocycles. The van der Waals surface area contributed by atoms with Crippen molar-refractivity contribution in [3.8, 4) is 0 Å². The minimum atomic E-state index is -0.319. The van der Waals surface area contributed by atoms with Gasteiger partial charge in [0, 0.05) is 82.2 Å². The van der Waals surface area contributed by atoms with Crippen LogP contribution in [0.3, 0.4) is 0 Å². The molecule has 0 spiro atoms. The molecule has 0 unspecified atom stereocenters. The van der Waals surface area contributed by atoms with Gasteiger partial charge in [-0.25, -0.2) is 29.7 Å². The van der Waals surface area contributed by atoms with Crippen LogP contribution in [-0.4, -0.2) is 145 Å². The van der Waals surface area contributed by atoms with E-state index >= 15 is 0 Å². The first kappa shape index (κ1) is 80.9. The largest absolute Gasteiger partial charge is 0.462 e. The van der Waals surface area contributed by atoms with Crippen molar-refractivity contribution >= 4 is 135 Å². The van der Waals surface area contributed by atoms with Gasteiger partial charge < -0.3 is 60.0 Å². The van der Waals surface area contributed by atoms with Gasteiger partial charge in [0.15, 0.2) is 0 Å². The molecule has 2 saturated carbocycles. The smallest absolute Gasteiger partial charge is 0.341 e. The summed E-state index contributed by atoms with van der Waals surface area (Å²) >= 11 is 12.5. The fraction of sp³-hybridized carbons (Fsp3) is 0.652. The normalized spacial score (nSPS) is 22.2. The highest BCUT2D eigenvalue weighted by Crippen LogP contribution is 2.44. The fourth-order valence-electron chi connectivity index (χ4n) is 12.9. The number of hydrogen-bond donors (Lipinski definition) is 4. The first-order valence-electron chi connectivity index (χ1n) is 32.6. The zero-order chi connectivity index (χ0) is 67.4. The maximum atomic E-state index is 11.9. The molecule has 0 atom stereocenters. The van der Waals surface area contributed by atoms with Gasteiger partial charge in [-0.3, -0.25) is 9.59 Å². The van der Waals surface area contributed by atoms with Gasteiger partial charge in [-0.2, -0.15) is 0 Å². The Kier molecular flexibility index (Phi) is 28.7. The Morgan fingerprint density at radius 2 is 1.03 bits per heavy atom. The van der Waals surface area contributed by atoms with E-state index in [2.05, 4.69) is 101 Å². The lowest BCUT2D eigenvalue weighted by atomic mass is 9.90. The van der Waals surface area contributed by atoms with E-state index in [9.17, 15) is 14.4 Å². The molecule has 0 aromatic carbocycles. The number of Topliss-reactive ketones (excluding diaryl/α,β-unsaturated/α-hetero) is 1. The number of ether oxygens (including phenoxy) is 6. The standard InChI is InChI=1S/C19H28N4OS.C12H17NO3S.C11H11ClN2OS.C11H12N2O2S.C8H18N2.C7H12O2.CH4.2ClH/c1-19(2)9-14-15(10-24-19)25-18-16(14)17(20-11-21-18)22-12-5-7-13(8-6-12)23(3)4;1-4-15-11(14)9-7-5-12(2,3)16-6-8(7)17-10(9)13;1-11(2)3-6-7(4-15-11)16-10-8(6)9(12)13-5-14-10;1-11(2)3-6-7(4-15-11)16-10-8(6)9(14)12-5-13-10;1-10(2)8-5-3-7(9)4-6-8;1-7(2)5-6(8)3-4-9-7;;;/h11-13H,5-10H2,1-4H3,(H,20,21,22);4-6,13H2,1-3H3;5H,3-4H2,1-2H3;5H,3-4H2,1-2H3,(H,12,13,14);7-8H,3-6,9H2,1-2H3;3-5H2,1-2H3;1H4;2*1H. The summed E-state index contributed by atoms with van der Waals surface area (Å²) < 4.78 is 33.6. The summed E-state index contributed by atoms with van der Waals surface area (Å²) in [5, 5.41) is 7.83. The third kappa shape index (κ3) is 20.8. The van der Waals surface area contributed by atoms with Crippen LogP contribution in [0.1, 0.15) is 200 Å². The third-order valence-electron chi connectivity index (χ3n) is 18.1. The second-order valence-electron chi connectivity index (χ2n) is 28.8. The van der Waals surface area contributed by atoms with Crippen LogP contribution in [0.5, 0.6) is 0 Å². The van der Waals surface area contributed by atoms with Gasteiger partial charge in [0.25, 0.3) is 5.56 Å². The van der Waals surface area contributed by atoms with Gasteiger partial charge in [0.1, 0.15) is 48.9 Å². The summed E-state index contributed by atoms with van der Waals surface area (Å²) in [5.74, 6) is 1.03. The van der Waals surface area contributed by atoms with E-state index in [4.69, 9.17) is 51.5 Å². The Morgan fingerprint density at radius 3 is 1.50 bits per heavy atom. The molecular formula is C69H104Cl3N11O9S4. The number of aromatic nitrogens is 6. The molecule has 12 heterocycles. The summed E-state index contributed by atoms with van der Waals surface area (Å²) in [7, 11) is 8.69. The highest BCUT2D eigenvalue weighted by Gasteiger charge is 2.36. The number of halogens is 3. The topological polar surface area (TPSA) is 257 Å². The fourth-order valence-corrected chi connectivity index (χ4v) is 17.4. The highest BCUT2D eigenvalue weighted by molar-refractivity contribution is 7.19. The van der Waals surface area contributed by atoms with Crippen LogP contribution in [0.4, 0.5) is 10.8 Å². The number of thiophene rings is 4. The second-order valence-corrected chi connectivity index (χ2v) is 33.5. The van der Waals surface area contributed by atoms with Crippen molar-refractivity contribution in [1.29, 1.82) is 0 Å². The Labute approximate surface area is 600 Å². The van der Waals surface area contributed by atoms with Gasteiger partial charge in [-0.05, 0) is 178 Å². The maximum Gasteiger partial charge on any atom is 0.341 e. The third-order valence-corrected chi connectivity index (χ3v) is 22.8. The van der Waals surface area contributed by atoms with Crippen molar-refractivity contribution in [2.45, 2.75) is 252 Å². The van der Waals surface area contributed by atoms with Crippen molar-refractivity contribution in [3.05, 3.63) is 81.8 Å². The molecule has 6 N–H and O–H groups in total. The number of esters is 1. The molecule has 14 rings (SSSR count). The number of fused-ring (bicyclic) bond motifs is 10. The molecule has 534 valence electrons. The summed E-state index contributed by atoms with van der Waals surface area (Å²) in [6.45, 7) is 25.7. The summed E-state index contributed by atoms with van der Waals surface area (Å²) in [6.07, 6.45) is 19.0. The van der Waals surface area contributed by atoms with Gasteiger partial charge in [0.2, 0.25) is 0 Å². The first-order chi connectivity index (χ1) is 43.8. The second kappa shape index (κ2) is 34.1. The van der Waals surface area contributed by atoms with E-state index in [1.54, 1.807) is 47.3 Å². The van der Waals surface area contributed by atoms with Crippen LogP contribution in [-0.2, 0) is 85.3 Å². The molecule has 5 aliphatic heterocycles. The molecule has 0 bridgehead atoms. The molecule has 3 fully saturated rings. The van der Waals surface area contributed by atoms with E-state index in [0.29, 0.717) is 92.5 Å². The van der Waals surface area contributed by atoms with E-state index in [-0.39, 0.29) is 71.8 Å². The number of carbonyl (C=O) groups is 2. The average Bonchev–Trinajstić information content (AvgIpc) is 1.64. The SMILES string of the molecule is C.CC1(C)CC(=O)CCO1.CC1(C)Cc2c(sc3nc[nH]c(=O)c23)CO1.CC1(C)Cc2c(sc3ncnc(Cl)c23)CO1.CCOC(=O)c1c(N)sc2c1CC(C)(C)OC2.CN(C)C1CCC(N)CC1.CN(C)C1CCC(Nc2ncnc3sc4c(c23)CC(C)(C)OC4)CC1.Cl.Cl. The summed E-state index contributed by atoms with van der Waals surface area (Å²) in [4.78, 5) is 71.0. The first-order valence-corrected chi connectivity index (χ1v) is 36.2. The van der Waals surface area contributed by atoms with Crippen LogP contribution in [0, 0.1) is 0 Å². The monoisotopic (exact) mass is 1460 g/mol. The van der Waals surface area contributed by atoms with Crippen molar-refractivity contribution in [2.24, 2.45) is 5.73 Å². The van der Waals surface area contributed by atoms with Gasteiger partial charge in [0.05, 0.1) is 95.7 Å². The Morgan fingerprint density at radius 1 is 0.604 bits per heavy atom. The van der Waals surface area contributed by atoms with Gasteiger partial charge >= 0.3 is 5.97 Å². The average molecular weight is 1470 g/mol. The van der Waals surface area contributed by atoms with Crippen molar-refractivity contribution in [2.75, 3.05) is 52.5 Å². The number of rotatable bonds is 6. The van der Waals surface area contributed by atoms with E-state index in [0.717, 1.165) is 83.3 Å². The van der Waals surface area contributed by atoms with Gasteiger partial charge in [-0.15, -0.1) is 70.2 Å². The Balaban J connectivity index is 0.000000186. The molecule has 1 saturated heterocycles. The van der Waals surface area contributed by atoms with Crippen LogP contribution in [0.25, 0.3) is 30.6 Å². The number of hydrogen-bond acceptors (Lipinski definition) is 23. The zero-order valence-corrected chi connectivity index (χ0v) is 63.6. The quantitative estimate of drug-likeness (QED) is 0.0891. The maximum absolute atomic E-state index is 11.9. The number of anilines is 2. The molecule has 7 aliphatic rings. The lowest BCUT2D eigenvalue weighted by Crippen LogP contribution is -2.36. The zero-order valence-electron chi connectivity index (χ0n) is 58.0. The van der Waals surface area contributed by atoms with Crippen molar-refractivity contribution < 1.29 is 38.0 Å². The molecule has 0 amide bonds. The van der Waals surface area contributed by atoms with E-state index in [1.807, 2.05) is 41.5 Å². The number of H-pyrrole nitrogens is 1. The lowest BCUT2D eigenvalue weighted by Gasteiger charge is -2.33. The number of ketones is 1. The number of nitrogens with one attached hydrogen (secondary N) is 2. The number of aromatic amines is 1. The molecule has 0 radical (unpaired) electrons. The van der Waals surface area contributed by atoms with Crippen molar-refractivity contribution in [1.82, 2.24) is 39.7 Å². The van der Waals surface area contributed by atoms with Crippen molar-refractivity contribution in [3.63, 3.8) is 0 Å². The van der Waals surface area contributed by atoms with Crippen LogP contribution in [0.15, 0.2) is 23.8 Å². The molecule has 27 heteroatoms. The summed E-state index contributed by atoms with van der Waals surface area (Å²) in [6, 6.07) is 2.50. The number of nitrogens with two attached hydrogens (primary N) is 2. The minimum Gasteiger partial charge on any atom is -0.462 e. The molecule has 96 heavy (non-hydrogen) atoms. The van der Waals surface area contributed by atoms with Crippen LogP contribution >= 0.6 is 81.8 Å². The van der Waals surface area contributed by atoms with E-state index < -0.39 is 0 Å². The molecular weight excluding hydrogens is 1360 g/mol. The highest BCUT2D eigenvalue weighted by atomic mass is 35.5. The van der Waals surface area contributed by atoms with Crippen LogP contribution < -0.4 is 22.3 Å². The molecule has 2 aliphatic carbocycles. The van der Waals surface area contributed by atoms with E-state index in [1.165, 1.54) is 102 Å². The molecule has 20 nitrogen and oxygen atoms in total. The number of nitrogens with zero attached hydrogens (tertiary/aromatic N) is 7. The minimum absolute atomic E-state index is 0. The number of nitrogen functional groups attached to an aromatic ring is 1.